The van der Waals surface area contributed by atoms with Gasteiger partial charge in [0.2, 0.25) is 11.8 Å². The second kappa shape index (κ2) is 13.0. The zero-order chi connectivity index (χ0) is 29.6. The molecule has 0 aromatic heterocycles. The molecule has 218 valence electrons. The number of ether oxygens (including phenoxy) is 2. The third-order valence-electron chi connectivity index (χ3n) is 8.10. The number of methoxy groups -OCH3 is 1. The maximum Gasteiger partial charge on any atom is 0.309 e. The predicted molar refractivity (Wildman–Crippen MR) is 161 cm³/mol. The quantitative estimate of drug-likeness (QED) is 0.329. The van der Waals surface area contributed by atoms with Crippen molar-refractivity contribution in [3.63, 3.8) is 0 Å². The summed E-state index contributed by atoms with van der Waals surface area (Å²) in [6.07, 6.45) is 3.03. The van der Waals surface area contributed by atoms with Crippen LogP contribution >= 0.6 is 0 Å². The van der Waals surface area contributed by atoms with Gasteiger partial charge < -0.3 is 14.8 Å². The van der Waals surface area contributed by atoms with Crippen molar-refractivity contribution in [1.82, 2.24) is 5.01 Å². The molecule has 2 aliphatic rings. The van der Waals surface area contributed by atoms with E-state index in [0.29, 0.717) is 25.3 Å². The van der Waals surface area contributed by atoms with Gasteiger partial charge in [0.1, 0.15) is 0 Å². The monoisotopic (exact) mass is 567 g/mol. The van der Waals surface area contributed by atoms with E-state index in [1.807, 2.05) is 72.8 Å². The minimum atomic E-state index is -0.361. The van der Waals surface area contributed by atoms with E-state index in [-0.39, 0.29) is 42.1 Å². The fraction of sp³-hybridized carbons (Fsp3) is 0.353. The van der Waals surface area contributed by atoms with E-state index < -0.39 is 0 Å². The lowest BCUT2D eigenvalue weighted by atomic mass is 9.83. The Morgan fingerprint density at radius 1 is 1.05 bits per heavy atom. The number of anilines is 1. The van der Waals surface area contributed by atoms with Gasteiger partial charge in [-0.1, -0.05) is 74.9 Å². The topological polar surface area (TPSA) is 97.3 Å². The van der Waals surface area contributed by atoms with E-state index in [1.54, 1.807) is 0 Å². The average molecular weight is 568 g/mol. The molecule has 3 aromatic carbocycles. The van der Waals surface area contributed by atoms with Crippen molar-refractivity contribution in [2.45, 2.75) is 52.0 Å². The smallest absolute Gasteiger partial charge is 0.309 e. The van der Waals surface area contributed by atoms with Crippen molar-refractivity contribution in [3.8, 4) is 0 Å². The molecule has 3 atom stereocenters. The highest BCUT2D eigenvalue weighted by molar-refractivity contribution is 5.98. The lowest BCUT2D eigenvalue weighted by molar-refractivity contribution is -0.145. The number of esters is 1. The zero-order valence-corrected chi connectivity index (χ0v) is 24.3. The third kappa shape index (κ3) is 6.38. The molecule has 0 spiro atoms. The van der Waals surface area contributed by atoms with Crippen LogP contribution in [-0.2, 0) is 43.2 Å². The van der Waals surface area contributed by atoms with E-state index in [4.69, 9.17) is 9.47 Å². The predicted octanol–water partition coefficient (Wildman–Crippen LogP) is 5.45. The molecule has 2 amide bonds. The van der Waals surface area contributed by atoms with Crippen molar-refractivity contribution in [2.24, 2.45) is 16.9 Å². The normalized spacial score (nSPS) is 17.5. The summed E-state index contributed by atoms with van der Waals surface area (Å²) in [5.74, 6) is -0.561. The molecule has 1 aliphatic heterocycles. The second-order valence-corrected chi connectivity index (χ2v) is 11.1. The SMILES string of the molecule is CCCC(C)C(C(=O)Nc1cccc2c1CC(C(=O)OC)C2)c1ccc(CN2N=C(c3ccccc3)OCC2=O)cc1. The summed E-state index contributed by atoms with van der Waals surface area (Å²) in [5, 5.41) is 9.07. The van der Waals surface area contributed by atoms with Crippen LogP contribution < -0.4 is 5.32 Å². The highest BCUT2D eigenvalue weighted by Gasteiger charge is 2.32. The second-order valence-electron chi connectivity index (χ2n) is 11.1. The van der Waals surface area contributed by atoms with Crippen LogP contribution in [0, 0.1) is 11.8 Å². The van der Waals surface area contributed by atoms with Gasteiger partial charge in [0.15, 0.2) is 6.61 Å². The van der Waals surface area contributed by atoms with Gasteiger partial charge in [-0.2, -0.15) is 0 Å². The zero-order valence-electron chi connectivity index (χ0n) is 24.3. The summed E-state index contributed by atoms with van der Waals surface area (Å²) < 4.78 is 10.5. The van der Waals surface area contributed by atoms with Crippen LogP contribution in [0.15, 0.2) is 77.9 Å². The first-order valence-electron chi connectivity index (χ1n) is 14.5. The molecule has 1 N–H and O–H groups in total. The summed E-state index contributed by atoms with van der Waals surface area (Å²) in [6, 6.07) is 23.2. The fourth-order valence-electron chi connectivity index (χ4n) is 5.92. The Hall–Kier alpha value is -4.46. The molecule has 1 aliphatic carbocycles. The van der Waals surface area contributed by atoms with Gasteiger partial charge in [0, 0.05) is 11.3 Å². The van der Waals surface area contributed by atoms with Gasteiger partial charge in [-0.05, 0) is 65.6 Å². The number of rotatable bonds is 10. The standard InChI is InChI=1S/C34H37N3O5/c1-4-9-22(2)31(32(39)35-29-13-8-12-26-18-27(19-28(26)29)34(40)41-3)24-16-14-23(15-17-24)20-37-30(38)21-42-33(36-37)25-10-6-5-7-11-25/h5-8,10-17,22,27,31H,4,9,18-21H2,1-3H3,(H,35,39). The van der Waals surface area contributed by atoms with Crippen LogP contribution in [0.2, 0.25) is 0 Å². The van der Waals surface area contributed by atoms with E-state index in [2.05, 4.69) is 24.3 Å². The summed E-state index contributed by atoms with van der Waals surface area (Å²) in [4.78, 5) is 38.6. The van der Waals surface area contributed by atoms with Gasteiger partial charge in [-0.3, -0.25) is 14.4 Å². The van der Waals surface area contributed by atoms with Crippen LogP contribution in [0.4, 0.5) is 5.69 Å². The molecule has 0 fully saturated rings. The number of hydrogen-bond donors (Lipinski definition) is 1. The first kappa shape index (κ1) is 29.0. The highest BCUT2D eigenvalue weighted by atomic mass is 16.5. The summed E-state index contributed by atoms with van der Waals surface area (Å²) in [7, 11) is 1.41. The van der Waals surface area contributed by atoms with Crippen molar-refractivity contribution >= 4 is 29.4 Å². The molecule has 0 radical (unpaired) electrons. The summed E-state index contributed by atoms with van der Waals surface area (Å²) in [6.45, 7) is 4.47. The number of nitrogens with one attached hydrogen (secondary N) is 1. The van der Waals surface area contributed by atoms with E-state index in [1.165, 1.54) is 12.1 Å². The van der Waals surface area contributed by atoms with Crippen LogP contribution in [0.3, 0.4) is 0 Å². The number of fused-ring (bicyclic) bond motifs is 1. The Labute approximate surface area is 246 Å². The lowest BCUT2D eigenvalue weighted by Gasteiger charge is -2.25. The Morgan fingerprint density at radius 2 is 1.81 bits per heavy atom. The number of hydrazone groups is 1. The molecule has 1 heterocycles. The molecule has 3 aromatic rings. The molecule has 8 nitrogen and oxygen atoms in total. The molecule has 0 bridgehead atoms. The average Bonchev–Trinajstić information content (AvgIpc) is 3.45. The highest BCUT2D eigenvalue weighted by Crippen LogP contribution is 2.35. The number of amides is 2. The Morgan fingerprint density at radius 3 is 2.52 bits per heavy atom. The van der Waals surface area contributed by atoms with Crippen LogP contribution in [0.25, 0.3) is 0 Å². The van der Waals surface area contributed by atoms with Crippen molar-refractivity contribution in [2.75, 3.05) is 19.0 Å². The largest absolute Gasteiger partial charge is 0.469 e. The molecule has 42 heavy (non-hydrogen) atoms. The first-order valence-corrected chi connectivity index (χ1v) is 14.5. The Kier molecular flexibility index (Phi) is 9.00. The maximum absolute atomic E-state index is 13.8. The molecule has 3 unspecified atom stereocenters. The summed E-state index contributed by atoms with van der Waals surface area (Å²) >= 11 is 0. The Bertz CT molecular complexity index is 1470. The van der Waals surface area contributed by atoms with Crippen LogP contribution in [0.1, 0.15) is 60.4 Å². The number of carbonyl (C=O) groups is 3. The first-order chi connectivity index (χ1) is 20.4. The molecule has 8 heteroatoms. The summed E-state index contributed by atoms with van der Waals surface area (Å²) in [5.41, 5.74) is 5.47. The molecule has 0 saturated heterocycles. The third-order valence-corrected chi connectivity index (χ3v) is 8.10. The van der Waals surface area contributed by atoms with Crippen molar-refractivity contribution in [1.29, 1.82) is 0 Å². The van der Waals surface area contributed by atoms with E-state index in [0.717, 1.165) is 46.3 Å². The van der Waals surface area contributed by atoms with Crippen LogP contribution in [-0.4, -0.2) is 42.4 Å². The Balaban J connectivity index is 1.33. The van der Waals surface area contributed by atoms with Crippen LogP contribution in [0.5, 0.6) is 0 Å². The molecular formula is C34H37N3O5. The number of hydrogen-bond acceptors (Lipinski definition) is 6. The van der Waals surface area contributed by atoms with Gasteiger partial charge in [-0.15, -0.1) is 5.10 Å². The minimum absolute atomic E-state index is 0.0633. The van der Waals surface area contributed by atoms with Gasteiger partial charge in [-0.25, -0.2) is 5.01 Å². The fourth-order valence-corrected chi connectivity index (χ4v) is 5.92. The van der Waals surface area contributed by atoms with E-state index >= 15 is 0 Å². The maximum atomic E-state index is 13.8. The van der Waals surface area contributed by atoms with Crippen molar-refractivity contribution < 1.29 is 23.9 Å². The van der Waals surface area contributed by atoms with E-state index in [9.17, 15) is 14.4 Å². The molecular weight excluding hydrogens is 530 g/mol. The van der Waals surface area contributed by atoms with Gasteiger partial charge in [0.05, 0.1) is 25.5 Å². The number of nitrogens with zero attached hydrogens (tertiary/aromatic N) is 2. The van der Waals surface area contributed by atoms with Gasteiger partial charge >= 0.3 is 5.97 Å². The molecule has 0 saturated carbocycles. The number of carbonyl (C=O) groups excluding carboxylic acids is 3. The lowest BCUT2D eigenvalue weighted by Crippen LogP contribution is -2.36. The molecule has 5 rings (SSSR count). The van der Waals surface area contributed by atoms with Crippen molar-refractivity contribution in [3.05, 3.63) is 101 Å². The number of benzene rings is 3. The van der Waals surface area contributed by atoms with Gasteiger partial charge in [0.25, 0.3) is 5.91 Å². The minimum Gasteiger partial charge on any atom is -0.469 e.